The molecule has 0 radical (unpaired) electrons. The lowest BCUT2D eigenvalue weighted by atomic mass is 10.0. The zero-order valence-electron chi connectivity index (χ0n) is 14.8. The Bertz CT molecular complexity index is 965. The van der Waals surface area contributed by atoms with Crippen molar-refractivity contribution in [3.05, 3.63) is 59.4 Å². The van der Waals surface area contributed by atoms with Crippen molar-refractivity contribution < 1.29 is 9.47 Å². The van der Waals surface area contributed by atoms with Gasteiger partial charge in [0.05, 0.1) is 12.3 Å². The molecule has 0 atom stereocenters. The number of ether oxygens (including phenoxy) is 2. The molecule has 5 rings (SSSR count). The number of hydrogen-bond acceptors (Lipinski definition) is 5. The van der Waals surface area contributed by atoms with Gasteiger partial charge in [-0.2, -0.15) is 0 Å². The molecule has 130 valence electrons. The van der Waals surface area contributed by atoms with E-state index in [1.165, 1.54) is 5.56 Å². The number of aromatic nitrogens is 2. The number of aryl methyl sites for hydroxylation is 3. The molecular formula is C21H19N3O2. The predicted molar refractivity (Wildman–Crippen MR) is 100 cm³/mol. The zero-order chi connectivity index (χ0) is 17.7. The van der Waals surface area contributed by atoms with Gasteiger partial charge in [-0.15, -0.1) is 0 Å². The average molecular weight is 345 g/mol. The van der Waals surface area contributed by atoms with Gasteiger partial charge in [0.1, 0.15) is 5.75 Å². The fourth-order valence-electron chi connectivity index (χ4n) is 3.55. The second-order valence-electron chi connectivity index (χ2n) is 6.82. The van der Waals surface area contributed by atoms with Gasteiger partial charge in [-0.05, 0) is 61.6 Å². The van der Waals surface area contributed by atoms with E-state index in [1.807, 2.05) is 38.4 Å². The number of para-hydroxylation sites is 1. The van der Waals surface area contributed by atoms with Crippen LogP contribution in [0.5, 0.6) is 17.2 Å². The topological polar surface area (TPSA) is 47.5 Å². The van der Waals surface area contributed by atoms with Crippen LogP contribution in [-0.4, -0.2) is 16.6 Å². The maximum Gasteiger partial charge on any atom is 0.182 e. The van der Waals surface area contributed by atoms with E-state index < -0.39 is 0 Å². The predicted octanol–water partition coefficient (Wildman–Crippen LogP) is 4.99. The Morgan fingerprint density at radius 2 is 1.65 bits per heavy atom. The minimum absolute atomic E-state index is 0.733. The molecule has 2 aliphatic heterocycles. The van der Waals surface area contributed by atoms with Gasteiger partial charge in [-0.3, -0.25) is 4.90 Å². The first-order chi connectivity index (χ1) is 12.7. The van der Waals surface area contributed by atoms with Crippen LogP contribution in [0.1, 0.15) is 23.1 Å². The lowest BCUT2D eigenvalue weighted by Gasteiger charge is -2.33. The molecule has 2 aliphatic rings. The summed E-state index contributed by atoms with van der Waals surface area (Å²) in [4.78, 5) is 11.4. The van der Waals surface area contributed by atoms with Crippen LogP contribution in [0, 0.1) is 13.8 Å². The Morgan fingerprint density at radius 3 is 2.35 bits per heavy atom. The third-order valence-electron chi connectivity index (χ3n) is 4.74. The summed E-state index contributed by atoms with van der Waals surface area (Å²) in [5.74, 6) is 3.86. The van der Waals surface area contributed by atoms with Crippen LogP contribution in [0.2, 0.25) is 0 Å². The highest BCUT2D eigenvalue weighted by Gasteiger charge is 2.31. The fraction of sp³-hybridized carbons (Fsp3) is 0.238. The highest BCUT2D eigenvalue weighted by atomic mass is 16.5. The molecule has 0 bridgehead atoms. The van der Waals surface area contributed by atoms with Crippen LogP contribution in [0.25, 0.3) is 0 Å². The molecule has 3 aromatic rings. The second-order valence-corrected chi connectivity index (χ2v) is 6.82. The lowest BCUT2D eigenvalue weighted by molar-refractivity contribution is 0.289. The van der Waals surface area contributed by atoms with Gasteiger partial charge in [-0.1, -0.05) is 12.1 Å². The first-order valence-corrected chi connectivity index (χ1v) is 8.87. The van der Waals surface area contributed by atoms with Gasteiger partial charge < -0.3 is 9.47 Å². The third-order valence-corrected chi connectivity index (χ3v) is 4.74. The van der Waals surface area contributed by atoms with E-state index in [4.69, 9.17) is 9.47 Å². The van der Waals surface area contributed by atoms with E-state index in [0.29, 0.717) is 0 Å². The molecule has 5 nitrogen and oxygen atoms in total. The first-order valence-electron chi connectivity index (χ1n) is 8.87. The molecule has 1 aromatic carbocycles. The van der Waals surface area contributed by atoms with Crippen molar-refractivity contribution in [2.75, 3.05) is 11.5 Å². The number of rotatable bonds is 1. The second kappa shape index (κ2) is 5.73. The first kappa shape index (κ1) is 15.2. The standard InChI is InChI=1S/C21H19N3O2/c1-13-9-17-20(22-11-13)24(21-18(26-17)10-14(2)12-23-21)16-7-3-5-15-6-4-8-25-19(15)16/h3,5,7,9-12H,4,6,8H2,1-2H3. The van der Waals surface area contributed by atoms with Gasteiger partial charge >= 0.3 is 0 Å². The Labute approximate surface area is 152 Å². The molecule has 0 spiro atoms. The van der Waals surface area contributed by atoms with Gasteiger partial charge in [0.2, 0.25) is 0 Å². The number of hydrogen-bond donors (Lipinski definition) is 0. The molecule has 0 amide bonds. The summed E-state index contributed by atoms with van der Waals surface area (Å²) in [6.45, 7) is 4.76. The van der Waals surface area contributed by atoms with Crippen LogP contribution in [0.15, 0.2) is 42.7 Å². The number of pyridine rings is 2. The maximum absolute atomic E-state index is 6.13. The van der Waals surface area contributed by atoms with E-state index in [2.05, 4.69) is 33.1 Å². The summed E-state index contributed by atoms with van der Waals surface area (Å²) < 4.78 is 12.2. The molecule has 5 heteroatoms. The molecule has 0 aliphatic carbocycles. The summed E-state index contributed by atoms with van der Waals surface area (Å²) in [6, 6.07) is 10.3. The smallest absolute Gasteiger partial charge is 0.182 e. The number of nitrogens with zero attached hydrogens (tertiary/aromatic N) is 3. The van der Waals surface area contributed by atoms with E-state index >= 15 is 0 Å². The van der Waals surface area contributed by atoms with Crippen molar-refractivity contribution >= 4 is 17.3 Å². The summed E-state index contributed by atoms with van der Waals surface area (Å²) in [5, 5.41) is 0. The van der Waals surface area contributed by atoms with Crippen LogP contribution < -0.4 is 14.4 Å². The summed E-state index contributed by atoms with van der Waals surface area (Å²) in [6.07, 6.45) is 5.77. The summed E-state index contributed by atoms with van der Waals surface area (Å²) in [5.41, 5.74) is 4.29. The molecule has 0 saturated carbocycles. The van der Waals surface area contributed by atoms with E-state index in [0.717, 1.165) is 65.1 Å². The summed E-state index contributed by atoms with van der Waals surface area (Å²) in [7, 11) is 0. The maximum atomic E-state index is 6.13. The largest absolute Gasteiger partial charge is 0.491 e. The average Bonchev–Trinajstić information content (AvgIpc) is 2.65. The third kappa shape index (κ3) is 2.31. The molecule has 0 unspecified atom stereocenters. The monoisotopic (exact) mass is 345 g/mol. The van der Waals surface area contributed by atoms with Gasteiger partial charge in [0.15, 0.2) is 23.1 Å². The molecule has 4 heterocycles. The number of benzene rings is 1. The molecule has 2 aromatic heterocycles. The quantitative estimate of drug-likeness (QED) is 0.486. The van der Waals surface area contributed by atoms with Crippen molar-refractivity contribution in [3.8, 4) is 17.2 Å². The van der Waals surface area contributed by atoms with Crippen LogP contribution in [0.4, 0.5) is 17.3 Å². The van der Waals surface area contributed by atoms with Gasteiger partial charge in [0, 0.05) is 12.4 Å². The van der Waals surface area contributed by atoms with Gasteiger partial charge in [0.25, 0.3) is 0 Å². The van der Waals surface area contributed by atoms with Crippen molar-refractivity contribution in [3.63, 3.8) is 0 Å². The Kier molecular flexibility index (Phi) is 3.35. The van der Waals surface area contributed by atoms with Crippen molar-refractivity contribution in [1.29, 1.82) is 0 Å². The van der Waals surface area contributed by atoms with Crippen molar-refractivity contribution in [2.45, 2.75) is 26.7 Å². The van der Waals surface area contributed by atoms with E-state index in [-0.39, 0.29) is 0 Å². The number of anilines is 3. The Hall–Kier alpha value is -3.08. The molecular weight excluding hydrogens is 326 g/mol. The zero-order valence-corrected chi connectivity index (χ0v) is 14.8. The minimum Gasteiger partial charge on any atom is -0.491 e. The van der Waals surface area contributed by atoms with E-state index in [1.54, 1.807) is 0 Å². The highest BCUT2D eigenvalue weighted by molar-refractivity contribution is 5.85. The molecule has 0 saturated heterocycles. The van der Waals surface area contributed by atoms with Crippen molar-refractivity contribution in [2.24, 2.45) is 0 Å². The molecule has 0 fully saturated rings. The van der Waals surface area contributed by atoms with Crippen molar-refractivity contribution in [1.82, 2.24) is 9.97 Å². The van der Waals surface area contributed by atoms with Crippen LogP contribution >= 0.6 is 0 Å². The molecule has 26 heavy (non-hydrogen) atoms. The lowest BCUT2D eigenvalue weighted by Crippen LogP contribution is -2.21. The fourth-order valence-corrected chi connectivity index (χ4v) is 3.55. The Balaban J connectivity index is 1.77. The SMILES string of the molecule is Cc1cnc2c(c1)Oc1cc(C)cnc1N2c1cccc2c1OCCC2. The normalized spacial score (nSPS) is 14.6. The molecule has 0 N–H and O–H groups in total. The summed E-state index contributed by atoms with van der Waals surface area (Å²) >= 11 is 0. The van der Waals surface area contributed by atoms with E-state index in [9.17, 15) is 0 Å². The van der Waals surface area contributed by atoms with Crippen LogP contribution in [-0.2, 0) is 6.42 Å². The number of fused-ring (bicyclic) bond motifs is 3. The highest BCUT2D eigenvalue weighted by Crippen LogP contribution is 2.51. The van der Waals surface area contributed by atoms with Gasteiger partial charge in [-0.25, -0.2) is 9.97 Å². The van der Waals surface area contributed by atoms with Crippen LogP contribution in [0.3, 0.4) is 0 Å². The Morgan fingerprint density at radius 1 is 0.962 bits per heavy atom. The minimum atomic E-state index is 0.733.